The summed E-state index contributed by atoms with van der Waals surface area (Å²) in [6.45, 7) is 1.02. The van der Waals surface area contributed by atoms with Crippen LogP contribution in [0.1, 0.15) is 11.1 Å². The van der Waals surface area contributed by atoms with Gasteiger partial charge < -0.3 is 15.2 Å². The van der Waals surface area contributed by atoms with E-state index in [2.05, 4.69) is 20.6 Å². The Morgan fingerprint density at radius 2 is 2.04 bits per heavy atom. The number of imidazole rings is 1. The van der Waals surface area contributed by atoms with E-state index in [0.29, 0.717) is 25.1 Å². The zero-order valence-electron chi connectivity index (χ0n) is 13.3. The van der Waals surface area contributed by atoms with Crippen LogP contribution in [-0.2, 0) is 19.3 Å². The standard InChI is InChI=1S/C15H17F4N5.HI/c1-20-14(22-5-7-24-6-4-21-10-24)23-9-11-2-3-12(16)8-13(11)15(17,18)19;/h2-4,6,8,10H,5,7,9H2,1H3,(H2,20,22,23);1H. The van der Waals surface area contributed by atoms with E-state index in [9.17, 15) is 17.6 Å². The smallest absolute Gasteiger partial charge is 0.355 e. The van der Waals surface area contributed by atoms with Crippen LogP contribution in [0.5, 0.6) is 0 Å². The summed E-state index contributed by atoms with van der Waals surface area (Å²) in [5.41, 5.74) is -1.05. The summed E-state index contributed by atoms with van der Waals surface area (Å²) in [5, 5.41) is 5.77. The number of benzene rings is 1. The third-order valence-electron chi connectivity index (χ3n) is 3.27. The lowest BCUT2D eigenvalue weighted by molar-refractivity contribution is -0.138. The molecule has 0 atom stereocenters. The summed E-state index contributed by atoms with van der Waals surface area (Å²) in [6.07, 6.45) is 0.496. The van der Waals surface area contributed by atoms with Gasteiger partial charge in [-0.05, 0) is 17.7 Å². The van der Waals surface area contributed by atoms with E-state index in [0.717, 1.165) is 12.1 Å². The van der Waals surface area contributed by atoms with Crippen LogP contribution in [0.15, 0.2) is 41.9 Å². The van der Waals surface area contributed by atoms with E-state index in [4.69, 9.17) is 0 Å². The lowest BCUT2D eigenvalue weighted by Gasteiger charge is -2.16. The molecule has 2 rings (SSSR count). The molecule has 10 heteroatoms. The van der Waals surface area contributed by atoms with Crippen molar-refractivity contribution in [1.29, 1.82) is 0 Å². The Bertz CT molecular complexity index is 686. The van der Waals surface area contributed by atoms with Crippen molar-refractivity contribution in [3.8, 4) is 0 Å². The number of halogens is 5. The third-order valence-corrected chi connectivity index (χ3v) is 3.27. The molecular weight excluding hydrogens is 453 g/mol. The van der Waals surface area contributed by atoms with Crippen LogP contribution in [0, 0.1) is 5.82 Å². The SMILES string of the molecule is CN=C(NCCn1ccnc1)NCc1ccc(F)cc1C(F)(F)F.I. The molecule has 0 aliphatic carbocycles. The topological polar surface area (TPSA) is 54.2 Å². The molecule has 0 spiro atoms. The van der Waals surface area contributed by atoms with E-state index in [1.165, 1.54) is 7.05 Å². The van der Waals surface area contributed by atoms with Gasteiger partial charge in [-0.25, -0.2) is 9.37 Å². The first kappa shape index (κ1) is 21.2. The van der Waals surface area contributed by atoms with Gasteiger partial charge in [-0.15, -0.1) is 24.0 Å². The number of nitrogens with zero attached hydrogens (tertiary/aromatic N) is 3. The Balaban J connectivity index is 0.00000312. The molecule has 0 saturated heterocycles. The maximum Gasteiger partial charge on any atom is 0.416 e. The van der Waals surface area contributed by atoms with Gasteiger partial charge in [-0.2, -0.15) is 13.2 Å². The zero-order valence-corrected chi connectivity index (χ0v) is 15.7. The summed E-state index contributed by atoms with van der Waals surface area (Å²) in [4.78, 5) is 7.85. The quantitative estimate of drug-likeness (QED) is 0.305. The minimum atomic E-state index is -4.61. The normalized spacial score (nSPS) is 11.8. The fraction of sp³-hybridized carbons (Fsp3) is 0.333. The van der Waals surface area contributed by atoms with Crippen LogP contribution in [0.4, 0.5) is 17.6 Å². The maximum atomic E-state index is 13.1. The van der Waals surface area contributed by atoms with Crippen LogP contribution >= 0.6 is 24.0 Å². The first-order valence-electron chi connectivity index (χ1n) is 7.16. The molecule has 0 saturated carbocycles. The van der Waals surface area contributed by atoms with Crippen molar-refractivity contribution in [3.63, 3.8) is 0 Å². The van der Waals surface area contributed by atoms with Crippen molar-refractivity contribution in [2.45, 2.75) is 19.3 Å². The summed E-state index contributed by atoms with van der Waals surface area (Å²) in [7, 11) is 1.52. The predicted molar refractivity (Wildman–Crippen MR) is 97.2 cm³/mol. The number of alkyl halides is 3. The number of nitrogens with one attached hydrogen (secondary N) is 2. The molecule has 5 nitrogen and oxygen atoms in total. The highest BCUT2D eigenvalue weighted by molar-refractivity contribution is 14.0. The highest BCUT2D eigenvalue weighted by atomic mass is 127. The molecule has 0 unspecified atom stereocenters. The molecule has 0 bridgehead atoms. The second kappa shape index (κ2) is 9.59. The molecule has 0 aliphatic heterocycles. The van der Waals surface area contributed by atoms with Gasteiger partial charge in [0.25, 0.3) is 0 Å². The van der Waals surface area contributed by atoms with Crippen LogP contribution in [0.2, 0.25) is 0 Å². The molecule has 0 fully saturated rings. The van der Waals surface area contributed by atoms with Gasteiger partial charge in [0, 0.05) is 39.1 Å². The van der Waals surface area contributed by atoms with Crippen molar-refractivity contribution in [2.75, 3.05) is 13.6 Å². The van der Waals surface area contributed by atoms with Gasteiger partial charge >= 0.3 is 6.18 Å². The number of aliphatic imine (C=N–C) groups is 1. The Kier molecular flexibility index (Phi) is 8.13. The lowest BCUT2D eigenvalue weighted by atomic mass is 10.1. The van der Waals surface area contributed by atoms with Gasteiger partial charge in [0.1, 0.15) is 5.82 Å². The van der Waals surface area contributed by atoms with E-state index in [-0.39, 0.29) is 36.1 Å². The monoisotopic (exact) mass is 471 g/mol. The molecule has 0 radical (unpaired) electrons. The zero-order chi connectivity index (χ0) is 17.6. The molecule has 0 aliphatic rings. The molecule has 25 heavy (non-hydrogen) atoms. The number of hydrogen-bond acceptors (Lipinski definition) is 2. The summed E-state index contributed by atoms with van der Waals surface area (Å²) < 4.78 is 53.8. The summed E-state index contributed by atoms with van der Waals surface area (Å²) in [5.74, 6) is -0.568. The number of guanidine groups is 1. The average molecular weight is 471 g/mol. The molecule has 2 N–H and O–H groups in total. The van der Waals surface area contributed by atoms with E-state index < -0.39 is 17.6 Å². The van der Waals surface area contributed by atoms with E-state index in [1.807, 2.05) is 4.57 Å². The lowest BCUT2D eigenvalue weighted by Crippen LogP contribution is -2.38. The fourth-order valence-electron chi connectivity index (χ4n) is 2.09. The van der Waals surface area contributed by atoms with Crippen molar-refractivity contribution in [2.24, 2.45) is 4.99 Å². The van der Waals surface area contributed by atoms with Crippen molar-refractivity contribution >= 4 is 29.9 Å². The number of rotatable bonds is 5. The fourth-order valence-corrected chi connectivity index (χ4v) is 2.09. The van der Waals surface area contributed by atoms with Crippen LogP contribution in [-0.4, -0.2) is 29.1 Å². The van der Waals surface area contributed by atoms with E-state index in [1.54, 1.807) is 18.7 Å². The Morgan fingerprint density at radius 1 is 1.28 bits per heavy atom. The van der Waals surface area contributed by atoms with Gasteiger partial charge in [0.15, 0.2) is 5.96 Å². The number of aromatic nitrogens is 2. The second-order valence-electron chi connectivity index (χ2n) is 4.95. The number of hydrogen-bond donors (Lipinski definition) is 2. The first-order valence-corrected chi connectivity index (χ1v) is 7.16. The van der Waals surface area contributed by atoms with E-state index >= 15 is 0 Å². The van der Waals surface area contributed by atoms with Crippen molar-refractivity contribution in [3.05, 3.63) is 53.9 Å². The minimum absolute atomic E-state index is 0. The molecule has 138 valence electrons. The summed E-state index contributed by atoms with van der Waals surface area (Å²) >= 11 is 0. The van der Waals surface area contributed by atoms with Crippen molar-refractivity contribution < 1.29 is 17.6 Å². The maximum absolute atomic E-state index is 13.1. The van der Waals surface area contributed by atoms with Crippen LogP contribution in [0.3, 0.4) is 0 Å². The first-order chi connectivity index (χ1) is 11.4. The van der Waals surface area contributed by atoms with Crippen LogP contribution < -0.4 is 10.6 Å². The Morgan fingerprint density at radius 3 is 2.64 bits per heavy atom. The van der Waals surface area contributed by atoms with Gasteiger partial charge in [-0.3, -0.25) is 4.99 Å². The molecule has 0 amide bonds. The largest absolute Gasteiger partial charge is 0.416 e. The average Bonchev–Trinajstić information content (AvgIpc) is 3.04. The van der Waals surface area contributed by atoms with Gasteiger partial charge in [0.2, 0.25) is 0 Å². The molecule has 1 aromatic carbocycles. The molecular formula is C15H18F4IN5. The van der Waals surface area contributed by atoms with Crippen molar-refractivity contribution in [1.82, 2.24) is 20.2 Å². The Labute approximate surface area is 159 Å². The molecule has 1 heterocycles. The highest BCUT2D eigenvalue weighted by Gasteiger charge is 2.33. The minimum Gasteiger partial charge on any atom is -0.355 e. The summed E-state index contributed by atoms with van der Waals surface area (Å²) in [6, 6.07) is 2.61. The highest BCUT2D eigenvalue weighted by Crippen LogP contribution is 2.32. The molecule has 2 aromatic rings. The molecule has 1 aromatic heterocycles. The van der Waals surface area contributed by atoms with Crippen LogP contribution in [0.25, 0.3) is 0 Å². The van der Waals surface area contributed by atoms with Gasteiger partial charge in [0.05, 0.1) is 11.9 Å². The predicted octanol–water partition coefficient (Wildman–Crippen LogP) is 3.02. The third kappa shape index (κ3) is 6.52. The Hall–Kier alpha value is -1.85. The second-order valence-corrected chi connectivity index (χ2v) is 4.95. The van der Waals surface area contributed by atoms with Gasteiger partial charge in [-0.1, -0.05) is 6.07 Å².